The fourth-order valence-corrected chi connectivity index (χ4v) is 2.41. The van der Waals surface area contributed by atoms with Gasteiger partial charge in [0.1, 0.15) is 0 Å². The summed E-state index contributed by atoms with van der Waals surface area (Å²) in [5, 5.41) is 0. The number of hydrogen-bond donors (Lipinski definition) is 0. The molecule has 0 saturated carbocycles. The zero-order valence-corrected chi connectivity index (χ0v) is 10.1. The summed E-state index contributed by atoms with van der Waals surface area (Å²) in [4.78, 5) is 2.69. The van der Waals surface area contributed by atoms with E-state index < -0.39 is 0 Å². The lowest BCUT2D eigenvalue weighted by atomic mass is 10.0. The summed E-state index contributed by atoms with van der Waals surface area (Å²) in [5.41, 5.74) is 0. The normalized spacial score (nSPS) is 21.0. The number of rotatable bonds is 6. The van der Waals surface area contributed by atoms with E-state index in [2.05, 4.69) is 18.7 Å². The van der Waals surface area contributed by atoms with Crippen LogP contribution in [0.2, 0.25) is 0 Å². The molecular weight excluding hydrogens is 170 g/mol. The van der Waals surface area contributed by atoms with Crippen molar-refractivity contribution < 1.29 is 0 Å². The molecule has 0 aromatic rings. The molecule has 0 radical (unpaired) electrons. The Bertz CT molecular complexity index is 127. The van der Waals surface area contributed by atoms with Gasteiger partial charge < -0.3 is 4.90 Å². The molecule has 1 atom stereocenters. The zero-order valence-electron chi connectivity index (χ0n) is 10.1. The van der Waals surface area contributed by atoms with Crippen LogP contribution in [0.3, 0.4) is 0 Å². The predicted molar refractivity (Wildman–Crippen MR) is 63.6 cm³/mol. The minimum Gasteiger partial charge on any atom is -0.301 e. The predicted octanol–water partition coefficient (Wildman–Crippen LogP) is 3.83. The lowest BCUT2D eigenvalue weighted by Gasteiger charge is -2.32. The lowest BCUT2D eigenvalue weighted by Crippen LogP contribution is -2.37. The highest BCUT2D eigenvalue weighted by atomic mass is 15.1. The summed E-state index contributed by atoms with van der Waals surface area (Å²) in [6.07, 6.45) is 11.4. The molecule has 1 aliphatic rings. The molecule has 0 spiro atoms. The van der Waals surface area contributed by atoms with Gasteiger partial charge in [0.05, 0.1) is 0 Å². The summed E-state index contributed by atoms with van der Waals surface area (Å²) in [6, 6.07) is 0.840. The maximum absolute atomic E-state index is 2.69. The van der Waals surface area contributed by atoms with Crippen LogP contribution in [0.25, 0.3) is 0 Å². The van der Waals surface area contributed by atoms with Crippen molar-refractivity contribution in [3.05, 3.63) is 0 Å². The van der Waals surface area contributed by atoms with Gasteiger partial charge in [-0.3, -0.25) is 0 Å². The van der Waals surface area contributed by atoms with Crippen LogP contribution in [0, 0.1) is 0 Å². The highest BCUT2D eigenvalue weighted by Gasteiger charge is 2.15. The third-order valence-electron chi connectivity index (χ3n) is 3.49. The van der Waals surface area contributed by atoms with E-state index in [1.165, 1.54) is 64.5 Å². The molecule has 1 saturated heterocycles. The number of piperidine rings is 1. The topological polar surface area (TPSA) is 3.24 Å². The van der Waals surface area contributed by atoms with Gasteiger partial charge in [-0.25, -0.2) is 0 Å². The summed E-state index contributed by atoms with van der Waals surface area (Å²) >= 11 is 0. The van der Waals surface area contributed by atoms with Crippen LogP contribution in [-0.2, 0) is 0 Å². The third kappa shape index (κ3) is 4.45. The second-order valence-electron chi connectivity index (χ2n) is 4.79. The molecule has 0 aromatic heterocycles. The van der Waals surface area contributed by atoms with Crippen molar-refractivity contribution in [3.63, 3.8) is 0 Å². The van der Waals surface area contributed by atoms with Crippen molar-refractivity contribution in [1.82, 2.24) is 4.90 Å². The van der Waals surface area contributed by atoms with Gasteiger partial charge in [-0.2, -0.15) is 0 Å². The molecule has 1 heteroatoms. The van der Waals surface area contributed by atoms with Crippen LogP contribution in [0.4, 0.5) is 0 Å². The molecule has 0 N–H and O–H groups in total. The fraction of sp³-hybridized carbons (Fsp3) is 1.00. The van der Waals surface area contributed by atoms with E-state index in [1.807, 2.05) is 0 Å². The van der Waals surface area contributed by atoms with E-state index in [9.17, 15) is 0 Å². The first-order valence-corrected chi connectivity index (χ1v) is 6.58. The molecule has 0 unspecified atom stereocenters. The van der Waals surface area contributed by atoms with Gasteiger partial charge in [-0.1, -0.05) is 39.0 Å². The highest BCUT2D eigenvalue weighted by molar-refractivity contribution is 4.71. The number of hydrogen-bond acceptors (Lipinski definition) is 1. The fourth-order valence-electron chi connectivity index (χ4n) is 2.41. The van der Waals surface area contributed by atoms with E-state index in [1.54, 1.807) is 0 Å². The van der Waals surface area contributed by atoms with Crippen LogP contribution in [0.1, 0.15) is 65.2 Å². The van der Waals surface area contributed by atoms with Crippen molar-refractivity contribution in [2.24, 2.45) is 0 Å². The molecule has 1 aliphatic heterocycles. The molecule has 1 nitrogen and oxygen atoms in total. The minimum absolute atomic E-state index is 0.840. The Morgan fingerprint density at radius 2 is 1.71 bits per heavy atom. The minimum atomic E-state index is 0.840. The second kappa shape index (κ2) is 7.28. The van der Waals surface area contributed by atoms with Gasteiger partial charge in [-0.15, -0.1) is 0 Å². The standard InChI is InChI=1S/C13H27N/c1-3-4-5-7-10-13(2)14-11-8-6-9-12-14/h13H,3-12H2,1-2H3/t13-/m1/s1. The van der Waals surface area contributed by atoms with Gasteiger partial charge in [0.15, 0.2) is 0 Å². The van der Waals surface area contributed by atoms with Crippen LogP contribution in [-0.4, -0.2) is 24.0 Å². The quantitative estimate of drug-likeness (QED) is 0.585. The monoisotopic (exact) mass is 197 g/mol. The number of unbranched alkanes of at least 4 members (excludes halogenated alkanes) is 3. The van der Waals surface area contributed by atoms with E-state index >= 15 is 0 Å². The summed E-state index contributed by atoms with van der Waals surface area (Å²) in [5.74, 6) is 0. The van der Waals surface area contributed by atoms with Crippen LogP contribution in [0.5, 0.6) is 0 Å². The van der Waals surface area contributed by atoms with Gasteiger partial charge in [-0.05, 0) is 39.3 Å². The Kier molecular flexibility index (Phi) is 6.25. The van der Waals surface area contributed by atoms with E-state index in [0.717, 1.165) is 6.04 Å². The Morgan fingerprint density at radius 1 is 1.00 bits per heavy atom. The number of nitrogens with zero attached hydrogens (tertiary/aromatic N) is 1. The van der Waals surface area contributed by atoms with Crippen molar-refractivity contribution in [3.8, 4) is 0 Å². The first-order chi connectivity index (χ1) is 6.84. The molecule has 0 aromatic carbocycles. The van der Waals surface area contributed by atoms with E-state index in [-0.39, 0.29) is 0 Å². The Balaban J connectivity index is 2.04. The maximum Gasteiger partial charge on any atom is 0.00669 e. The smallest absolute Gasteiger partial charge is 0.00669 e. The molecule has 1 rings (SSSR count). The Labute approximate surface area is 89.9 Å². The van der Waals surface area contributed by atoms with Crippen molar-refractivity contribution in [2.75, 3.05) is 13.1 Å². The molecule has 84 valence electrons. The summed E-state index contributed by atoms with van der Waals surface area (Å²) < 4.78 is 0. The SMILES string of the molecule is CCCCCC[C@@H](C)N1CCCCC1. The Morgan fingerprint density at radius 3 is 2.36 bits per heavy atom. The molecule has 0 aliphatic carbocycles. The lowest BCUT2D eigenvalue weighted by molar-refractivity contribution is 0.164. The zero-order chi connectivity index (χ0) is 10.2. The van der Waals surface area contributed by atoms with Gasteiger partial charge >= 0.3 is 0 Å². The maximum atomic E-state index is 2.69. The van der Waals surface area contributed by atoms with E-state index in [0.29, 0.717) is 0 Å². The molecule has 1 fully saturated rings. The van der Waals surface area contributed by atoms with E-state index in [4.69, 9.17) is 0 Å². The average Bonchev–Trinajstić information content (AvgIpc) is 2.25. The molecular formula is C13H27N. The van der Waals surface area contributed by atoms with Crippen molar-refractivity contribution >= 4 is 0 Å². The molecule has 1 heterocycles. The second-order valence-corrected chi connectivity index (χ2v) is 4.79. The van der Waals surface area contributed by atoms with Crippen LogP contribution < -0.4 is 0 Å². The Hall–Kier alpha value is -0.0400. The number of likely N-dealkylation sites (tertiary alicyclic amines) is 1. The molecule has 14 heavy (non-hydrogen) atoms. The first kappa shape index (κ1) is 12.0. The van der Waals surface area contributed by atoms with Crippen LogP contribution in [0.15, 0.2) is 0 Å². The third-order valence-corrected chi connectivity index (χ3v) is 3.49. The van der Waals surface area contributed by atoms with Crippen molar-refractivity contribution in [1.29, 1.82) is 0 Å². The molecule has 0 bridgehead atoms. The van der Waals surface area contributed by atoms with Gasteiger partial charge in [0.25, 0.3) is 0 Å². The van der Waals surface area contributed by atoms with Gasteiger partial charge in [0.2, 0.25) is 0 Å². The van der Waals surface area contributed by atoms with Crippen molar-refractivity contribution in [2.45, 2.75) is 71.3 Å². The summed E-state index contributed by atoms with van der Waals surface area (Å²) in [6.45, 7) is 7.41. The molecule has 0 amide bonds. The largest absolute Gasteiger partial charge is 0.301 e. The highest BCUT2D eigenvalue weighted by Crippen LogP contribution is 2.16. The summed E-state index contributed by atoms with van der Waals surface area (Å²) in [7, 11) is 0. The first-order valence-electron chi connectivity index (χ1n) is 6.58. The van der Waals surface area contributed by atoms with Crippen LogP contribution >= 0.6 is 0 Å². The average molecular weight is 197 g/mol. The van der Waals surface area contributed by atoms with Gasteiger partial charge in [0, 0.05) is 6.04 Å².